The van der Waals surface area contributed by atoms with Gasteiger partial charge >= 0.3 is 0 Å². The van der Waals surface area contributed by atoms with Crippen LogP contribution in [0.15, 0.2) is 22.7 Å². The number of aryl methyl sites for hydroxylation is 1. The molecule has 0 saturated heterocycles. The van der Waals surface area contributed by atoms with Gasteiger partial charge in [-0.15, -0.1) is 0 Å². The van der Waals surface area contributed by atoms with Crippen LogP contribution in [-0.2, 0) is 4.74 Å². The number of amides is 1. The number of hydrogen-bond donors (Lipinski definition) is 0. The van der Waals surface area contributed by atoms with Crippen LogP contribution in [0.4, 0.5) is 0 Å². The summed E-state index contributed by atoms with van der Waals surface area (Å²) in [5.41, 5.74) is 1.78. The molecule has 1 rings (SSSR count). The molecule has 94 valence electrons. The van der Waals surface area contributed by atoms with Crippen molar-refractivity contribution in [2.45, 2.75) is 13.3 Å². The molecule has 0 aromatic heterocycles. The number of hydrogen-bond acceptors (Lipinski definition) is 2. The van der Waals surface area contributed by atoms with Gasteiger partial charge in [0.15, 0.2) is 0 Å². The van der Waals surface area contributed by atoms with Gasteiger partial charge in [-0.05, 0) is 40.9 Å². The maximum absolute atomic E-state index is 12.2. The van der Waals surface area contributed by atoms with Crippen LogP contribution in [0.25, 0.3) is 0 Å². The number of carbonyl (C=O) groups is 1. The van der Waals surface area contributed by atoms with Crippen molar-refractivity contribution >= 4 is 21.8 Å². The van der Waals surface area contributed by atoms with Crippen LogP contribution in [0.2, 0.25) is 0 Å². The summed E-state index contributed by atoms with van der Waals surface area (Å²) in [5, 5.41) is 0. The van der Waals surface area contributed by atoms with Crippen molar-refractivity contribution in [1.29, 1.82) is 0 Å². The van der Waals surface area contributed by atoms with E-state index in [1.165, 1.54) is 0 Å². The zero-order valence-corrected chi connectivity index (χ0v) is 12.1. The summed E-state index contributed by atoms with van der Waals surface area (Å²) in [7, 11) is 3.48. The average Bonchev–Trinajstić information content (AvgIpc) is 2.32. The summed E-state index contributed by atoms with van der Waals surface area (Å²) in [6.07, 6.45) is 0.849. The van der Waals surface area contributed by atoms with Gasteiger partial charge in [-0.3, -0.25) is 4.79 Å². The fourth-order valence-electron chi connectivity index (χ4n) is 1.57. The molecule has 0 radical (unpaired) electrons. The number of nitrogens with zero attached hydrogens (tertiary/aromatic N) is 1. The number of methoxy groups -OCH3 is 1. The summed E-state index contributed by atoms with van der Waals surface area (Å²) in [6, 6.07) is 5.72. The van der Waals surface area contributed by atoms with E-state index in [-0.39, 0.29) is 5.91 Å². The average molecular weight is 300 g/mol. The summed E-state index contributed by atoms with van der Waals surface area (Å²) >= 11 is 3.46. The Labute approximate surface area is 111 Å². The van der Waals surface area contributed by atoms with Gasteiger partial charge in [-0.25, -0.2) is 0 Å². The molecule has 0 unspecified atom stereocenters. The van der Waals surface area contributed by atoms with E-state index in [1.807, 2.05) is 32.2 Å². The second-order valence-electron chi connectivity index (χ2n) is 4.01. The predicted octanol–water partition coefficient (Wildman–Crippen LogP) is 2.87. The van der Waals surface area contributed by atoms with E-state index < -0.39 is 0 Å². The Hall–Kier alpha value is -0.870. The maximum atomic E-state index is 12.2. The highest BCUT2D eigenvalue weighted by Gasteiger charge is 2.15. The molecule has 3 nitrogen and oxygen atoms in total. The molecule has 0 aliphatic carbocycles. The van der Waals surface area contributed by atoms with Crippen molar-refractivity contribution in [2.75, 3.05) is 27.3 Å². The van der Waals surface area contributed by atoms with E-state index in [4.69, 9.17) is 4.74 Å². The Bertz CT molecular complexity index is 393. The van der Waals surface area contributed by atoms with E-state index >= 15 is 0 Å². The molecule has 0 N–H and O–H groups in total. The number of ether oxygens (including phenoxy) is 1. The number of halogens is 1. The van der Waals surface area contributed by atoms with E-state index in [1.54, 1.807) is 12.0 Å². The molecular formula is C13H18BrNO2. The van der Waals surface area contributed by atoms with Crippen molar-refractivity contribution in [1.82, 2.24) is 4.90 Å². The molecule has 1 amide bonds. The molecule has 0 fully saturated rings. The minimum Gasteiger partial charge on any atom is -0.385 e. The molecule has 0 heterocycles. The molecule has 0 saturated carbocycles. The first-order valence-corrected chi connectivity index (χ1v) is 6.36. The second kappa shape index (κ2) is 6.77. The molecule has 0 bridgehead atoms. The van der Waals surface area contributed by atoms with Gasteiger partial charge in [0, 0.05) is 31.8 Å². The van der Waals surface area contributed by atoms with Gasteiger partial charge in [-0.1, -0.05) is 12.1 Å². The minimum absolute atomic E-state index is 0.0386. The first-order chi connectivity index (χ1) is 8.07. The van der Waals surface area contributed by atoms with Crippen LogP contribution in [-0.4, -0.2) is 38.1 Å². The van der Waals surface area contributed by atoms with Crippen LogP contribution in [0.5, 0.6) is 0 Å². The highest BCUT2D eigenvalue weighted by atomic mass is 79.9. The first-order valence-electron chi connectivity index (χ1n) is 5.57. The Morgan fingerprint density at radius 2 is 2.18 bits per heavy atom. The van der Waals surface area contributed by atoms with Crippen molar-refractivity contribution in [3.63, 3.8) is 0 Å². The highest BCUT2D eigenvalue weighted by Crippen LogP contribution is 2.22. The lowest BCUT2D eigenvalue weighted by Gasteiger charge is -2.18. The minimum atomic E-state index is 0.0386. The molecule has 1 aromatic carbocycles. The quantitative estimate of drug-likeness (QED) is 0.783. The zero-order chi connectivity index (χ0) is 12.8. The fraction of sp³-hybridized carbons (Fsp3) is 0.462. The Kier molecular flexibility index (Phi) is 5.65. The smallest absolute Gasteiger partial charge is 0.254 e. The zero-order valence-electron chi connectivity index (χ0n) is 10.5. The van der Waals surface area contributed by atoms with E-state index in [9.17, 15) is 4.79 Å². The molecule has 1 aromatic rings. The van der Waals surface area contributed by atoms with E-state index in [0.29, 0.717) is 18.7 Å². The number of rotatable bonds is 5. The van der Waals surface area contributed by atoms with Crippen LogP contribution < -0.4 is 0 Å². The van der Waals surface area contributed by atoms with Crippen molar-refractivity contribution < 1.29 is 9.53 Å². The normalized spacial score (nSPS) is 10.4. The molecule has 0 aliphatic rings. The van der Waals surface area contributed by atoms with Gasteiger partial charge in [0.1, 0.15) is 0 Å². The van der Waals surface area contributed by atoms with Crippen LogP contribution in [0.1, 0.15) is 22.3 Å². The molecule has 0 aliphatic heterocycles. The Morgan fingerprint density at radius 3 is 2.82 bits per heavy atom. The fourth-order valence-corrected chi connectivity index (χ4v) is 2.00. The topological polar surface area (TPSA) is 29.5 Å². The van der Waals surface area contributed by atoms with E-state index in [2.05, 4.69) is 15.9 Å². The summed E-state index contributed by atoms with van der Waals surface area (Å²) in [6.45, 7) is 3.35. The van der Waals surface area contributed by atoms with Crippen LogP contribution >= 0.6 is 15.9 Å². The standard InChI is InChI=1S/C13H18BrNO2/c1-10-6-4-7-11(12(10)14)13(16)15(2)8-5-9-17-3/h4,6-7H,5,8-9H2,1-3H3. The third-order valence-corrected chi connectivity index (χ3v) is 3.66. The molecule has 17 heavy (non-hydrogen) atoms. The van der Waals surface area contributed by atoms with Gasteiger partial charge < -0.3 is 9.64 Å². The van der Waals surface area contributed by atoms with Gasteiger partial charge in [-0.2, -0.15) is 0 Å². The molecular weight excluding hydrogens is 282 g/mol. The van der Waals surface area contributed by atoms with Gasteiger partial charge in [0.05, 0.1) is 5.56 Å². The largest absolute Gasteiger partial charge is 0.385 e. The molecule has 4 heteroatoms. The summed E-state index contributed by atoms with van der Waals surface area (Å²) in [5.74, 6) is 0.0386. The lowest BCUT2D eigenvalue weighted by atomic mass is 10.1. The van der Waals surface area contributed by atoms with Crippen molar-refractivity contribution in [3.05, 3.63) is 33.8 Å². The lowest BCUT2D eigenvalue weighted by molar-refractivity contribution is 0.0778. The number of carbonyl (C=O) groups excluding carboxylic acids is 1. The monoisotopic (exact) mass is 299 g/mol. The Balaban J connectivity index is 2.71. The van der Waals surface area contributed by atoms with Gasteiger partial charge in [0.25, 0.3) is 5.91 Å². The molecule has 0 atom stereocenters. The Morgan fingerprint density at radius 1 is 1.47 bits per heavy atom. The van der Waals surface area contributed by atoms with Crippen LogP contribution in [0.3, 0.4) is 0 Å². The maximum Gasteiger partial charge on any atom is 0.254 e. The van der Waals surface area contributed by atoms with Crippen molar-refractivity contribution in [2.24, 2.45) is 0 Å². The molecule has 0 spiro atoms. The van der Waals surface area contributed by atoms with E-state index in [0.717, 1.165) is 16.5 Å². The van der Waals surface area contributed by atoms with Crippen LogP contribution in [0, 0.1) is 6.92 Å². The lowest BCUT2D eigenvalue weighted by Crippen LogP contribution is -2.28. The first kappa shape index (κ1) is 14.2. The third-order valence-electron chi connectivity index (χ3n) is 2.61. The second-order valence-corrected chi connectivity index (χ2v) is 4.80. The predicted molar refractivity (Wildman–Crippen MR) is 72.3 cm³/mol. The summed E-state index contributed by atoms with van der Waals surface area (Å²) < 4.78 is 5.85. The van der Waals surface area contributed by atoms with Gasteiger partial charge in [0.2, 0.25) is 0 Å². The highest BCUT2D eigenvalue weighted by molar-refractivity contribution is 9.10. The number of benzene rings is 1. The van der Waals surface area contributed by atoms with Crippen molar-refractivity contribution in [3.8, 4) is 0 Å². The third kappa shape index (κ3) is 3.82. The summed E-state index contributed by atoms with van der Waals surface area (Å²) in [4.78, 5) is 13.9. The SMILES string of the molecule is COCCCN(C)C(=O)c1cccc(C)c1Br.